The van der Waals surface area contributed by atoms with Gasteiger partial charge in [-0.1, -0.05) is 0 Å². The largest absolute Gasteiger partial charge is 0.480 e. The lowest BCUT2D eigenvalue weighted by atomic mass is 10.1. The monoisotopic (exact) mass is 188 g/mol. The number of hydrogen-bond acceptors (Lipinski definition) is 4. The first-order chi connectivity index (χ1) is 6.11. The van der Waals surface area contributed by atoms with E-state index in [4.69, 9.17) is 5.11 Å². The fourth-order valence-corrected chi connectivity index (χ4v) is 1.23. The van der Waals surface area contributed by atoms with Gasteiger partial charge in [0.2, 0.25) is 5.91 Å². The number of carboxylic acid groups (broad SMARTS) is 1. The summed E-state index contributed by atoms with van der Waals surface area (Å²) in [5.41, 5.74) is 0. The van der Waals surface area contributed by atoms with Crippen LogP contribution in [0.2, 0.25) is 0 Å². The highest BCUT2D eigenvalue weighted by Gasteiger charge is 2.30. The Morgan fingerprint density at radius 2 is 2.23 bits per heavy atom. The Labute approximate surface area is 74.9 Å². The number of hydrogen-bond donors (Lipinski definition) is 4. The van der Waals surface area contributed by atoms with E-state index in [1.807, 2.05) is 0 Å². The normalized spacial score (nSPS) is 27.2. The third kappa shape index (κ3) is 2.67. The topological polar surface area (TPSA) is 98.7 Å². The Kier molecular flexibility index (Phi) is 3.21. The van der Waals surface area contributed by atoms with Gasteiger partial charge in [-0.3, -0.25) is 9.59 Å². The molecule has 0 radical (unpaired) electrons. The lowest BCUT2D eigenvalue weighted by molar-refractivity contribution is -0.138. The molecule has 1 aliphatic rings. The van der Waals surface area contributed by atoms with Crippen molar-refractivity contribution in [2.24, 2.45) is 0 Å². The SMILES string of the molecule is O=C(O)CNC(=O)C1NCCC1O. The van der Waals surface area contributed by atoms with Gasteiger partial charge >= 0.3 is 5.97 Å². The summed E-state index contributed by atoms with van der Waals surface area (Å²) in [6, 6.07) is -0.667. The first-order valence-electron chi connectivity index (χ1n) is 4.02. The van der Waals surface area contributed by atoms with Crippen molar-refractivity contribution in [1.29, 1.82) is 0 Å². The number of carbonyl (C=O) groups is 2. The molecule has 0 saturated carbocycles. The quantitative estimate of drug-likeness (QED) is 0.407. The number of carbonyl (C=O) groups excluding carboxylic acids is 1. The fourth-order valence-electron chi connectivity index (χ4n) is 1.23. The van der Waals surface area contributed by atoms with E-state index in [9.17, 15) is 14.7 Å². The maximum atomic E-state index is 11.2. The van der Waals surface area contributed by atoms with Gasteiger partial charge in [-0.25, -0.2) is 0 Å². The van der Waals surface area contributed by atoms with Crippen molar-refractivity contribution >= 4 is 11.9 Å². The maximum Gasteiger partial charge on any atom is 0.322 e. The summed E-state index contributed by atoms with van der Waals surface area (Å²) in [7, 11) is 0. The Balaban J connectivity index is 2.34. The molecule has 1 rings (SSSR count). The van der Waals surface area contributed by atoms with Gasteiger partial charge in [0.1, 0.15) is 12.6 Å². The first-order valence-corrected chi connectivity index (χ1v) is 4.02. The standard InChI is InChI=1S/C7H12N2O4/c10-4-1-2-8-6(4)7(13)9-3-5(11)12/h4,6,8,10H,1-3H2,(H,9,13)(H,11,12). The van der Waals surface area contributed by atoms with Crippen LogP contribution in [-0.2, 0) is 9.59 Å². The summed E-state index contributed by atoms with van der Waals surface area (Å²) >= 11 is 0. The van der Waals surface area contributed by atoms with Crippen LogP contribution in [0.25, 0.3) is 0 Å². The van der Waals surface area contributed by atoms with Gasteiger partial charge in [0.25, 0.3) is 0 Å². The zero-order chi connectivity index (χ0) is 9.84. The molecule has 74 valence electrons. The Morgan fingerprint density at radius 1 is 1.54 bits per heavy atom. The van der Waals surface area contributed by atoms with Crippen molar-refractivity contribution in [2.45, 2.75) is 18.6 Å². The summed E-state index contributed by atoms with van der Waals surface area (Å²) in [5.74, 6) is -1.56. The van der Waals surface area contributed by atoms with E-state index < -0.39 is 30.6 Å². The van der Waals surface area contributed by atoms with Gasteiger partial charge in [-0.15, -0.1) is 0 Å². The lowest BCUT2D eigenvalue weighted by Gasteiger charge is -2.13. The van der Waals surface area contributed by atoms with Crippen molar-refractivity contribution in [2.75, 3.05) is 13.1 Å². The second kappa shape index (κ2) is 4.20. The molecule has 0 aromatic heterocycles. The molecule has 6 nitrogen and oxygen atoms in total. The summed E-state index contributed by atoms with van der Waals surface area (Å²) < 4.78 is 0. The van der Waals surface area contributed by atoms with Crippen molar-refractivity contribution in [3.63, 3.8) is 0 Å². The van der Waals surface area contributed by atoms with Crippen molar-refractivity contribution < 1.29 is 19.8 Å². The number of rotatable bonds is 3. The van der Waals surface area contributed by atoms with E-state index >= 15 is 0 Å². The van der Waals surface area contributed by atoms with Crippen molar-refractivity contribution in [1.82, 2.24) is 10.6 Å². The Hall–Kier alpha value is -1.14. The molecule has 1 saturated heterocycles. The molecule has 4 N–H and O–H groups in total. The molecular formula is C7H12N2O4. The van der Waals surface area contributed by atoms with E-state index in [1.54, 1.807) is 0 Å². The minimum Gasteiger partial charge on any atom is -0.480 e. The second-order valence-electron chi connectivity index (χ2n) is 2.90. The third-order valence-electron chi connectivity index (χ3n) is 1.89. The molecule has 0 spiro atoms. The van der Waals surface area contributed by atoms with E-state index in [0.29, 0.717) is 13.0 Å². The summed E-state index contributed by atoms with van der Waals surface area (Å²) in [6.45, 7) is 0.163. The van der Waals surface area contributed by atoms with Crippen LogP contribution in [0.4, 0.5) is 0 Å². The van der Waals surface area contributed by atoms with Crippen LogP contribution in [0.15, 0.2) is 0 Å². The number of aliphatic hydroxyl groups is 1. The molecule has 6 heteroatoms. The molecule has 2 atom stereocenters. The van der Waals surface area contributed by atoms with Crippen LogP contribution in [0.1, 0.15) is 6.42 Å². The molecule has 13 heavy (non-hydrogen) atoms. The predicted molar refractivity (Wildman–Crippen MR) is 43.1 cm³/mol. The van der Waals surface area contributed by atoms with Crippen LogP contribution in [0.3, 0.4) is 0 Å². The number of aliphatic hydroxyl groups excluding tert-OH is 1. The van der Waals surface area contributed by atoms with E-state index in [2.05, 4.69) is 10.6 Å². The van der Waals surface area contributed by atoms with E-state index in [0.717, 1.165) is 0 Å². The molecule has 2 unspecified atom stereocenters. The summed E-state index contributed by atoms with van der Waals surface area (Å²) in [6.07, 6.45) is -0.195. The number of amides is 1. The molecule has 1 aliphatic heterocycles. The number of carboxylic acids is 1. The van der Waals surface area contributed by atoms with Crippen LogP contribution >= 0.6 is 0 Å². The van der Waals surface area contributed by atoms with Crippen LogP contribution in [0.5, 0.6) is 0 Å². The molecule has 0 aromatic rings. The van der Waals surface area contributed by atoms with E-state index in [1.165, 1.54) is 0 Å². The predicted octanol–water partition coefficient (Wildman–Crippen LogP) is -2.09. The zero-order valence-electron chi connectivity index (χ0n) is 6.99. The molecule has 0 aliphatic carbocycles. The van der Waals surface area contributed by atoms with Gasteiger partial charge < -0.3 is 20.8 Å². The van der Waals surface area contributed by atoms with Gasteiger partial charge in [-0.05, 0) is 13.0 Å². The second-order valence-corrected chi connectivity index (χ2v) is 2.90. The average Bonchev–Trinajstić information content (AvgIpc) is 2.47. The minimum atomic E-state index is -1.10. The van der Waals surface area contributed by atoms with Crippen molar-refractivity contribution in [3.05, 3.63) is 0 Å². The summed E-state index contributed by atoms with van der Waals surface area (Å²) in [5, 5.41) is 22.5. The molecular weight excluding hydrogens is 176 g/mol. The zero-order valence-corrected chi connectivity index (χ0v) is 6.99. The van der Waals surface area contributed by atoms with Crippen molar-refractivity contribution in [3.8, 4) is 0 Å². The highest BCUT2D eigenvalue weighted by Crippen LogP contribution is 2.05. The Morgan fingerprint density at radius 3 is 2.69 bits per heavy atom. The van der Waals surface area contributed by atoms with Crippen LogP contribution in [-0.4, -0.2) is 47.3 Å². The van der Waals surface area contributed by atoms with Crippen LogP contribution in [0, 0.1) is 0 Å². The molecule has 1 fully saturated rings. The summed E-state index contributed by atoms with van der Waals surface area (Å²) in [4.78, 5) is 21.3. The van der Waals surface area contributed by atoms with Crippen LogP contribution < -0.4 is 10.6 Å². The van der Waals surface area contributed by atoms with Gasteiger partial charge in [-0.2, -0.15) is 0 Å². The van der Waals surface area contributed by atoms with Gasteiger partial charge in [0.15, 0.2) is 0 Å². The molecule has 0 aromatic carbocycles. The fraction of sp³-hybridized carbons (Fsp3) is 0.714. The minimum absolute atomic E-state index is 0.413. The molecule has 0 bridgehead atoms. The number of aliphatic carboxylic acids is 1. The molecule has 1 heterocycles. The van der Waals surface area contributed by atoms with Gasteiger partial charge in [0.05, 0.1) is 6.10 Å². The Bertz CT molecular complexity index is 219. The third-order valence-corrected chi connectivity index (χ3v) is 1.89. The first kappa shape index (κ1) is 9.94. The maximum absolute atomic E-state index is 11.2. The number of nitrogens with one attached hydrogen (secondary N) is 2. The highest BCUT2D eigenvalue weighted by atomic mass is 16.4. The highest BCUT2D eigenvalue weighted by molar-refractivity contribution is 5.85. The average molecular weight is 188 g/mol. The smallest absolute Gasteiger partial charge is 0.322 e. The lowest BCUT2D eigenvalue weighted by Crippen LogP contribution is -2.47. The molecule has 1 amide bonds. The van der Waals surface area contributed by atoms with Gasteiger partial charge in [0, 0.05) is 0 Å². The van der Waals surface area contributed by atoms with E-state index in [-0.39, 0.29) is 0 Å².